The lowest BCUT2D eigenvalue weighted by Gasteiger charge is -1.95. The molecule has 0 atom stereocenters. The number of carbonyl (C=O) groups is 1. The number of primary amides is 1. The van der Waals surface area contributed by atoms with Crippen LogP contribution in [0.2, 0.25) is 0 Å². The van der Waals surface area contributed by atoms with Crippen LogP contribution in [-0.4, -0.2) is 12.7 Å². The summed E-state index contributed by atoms with van der Waals surface area (Å²) in [6.07, 6.45) is 1.23. The number of amides is 1. The Morgan fingerprint density at radius 2 is 2.22 bits per heavy atom. The molecule has 0 aromatic rings. The Morgan fingerprint density at radius 1 is 1.67 bits per heavy atom. The molecular weight excluding hydrogens is 233 g/mol. The summed E-state index contributed by atoms with van der Waals surface area (Å²) in [7, 11) is 0. The number of carbonyl (C=O) groups excluding carboxylic acids is 1. The van der Waals surface area contributed by atoms with Crippen LogP contribution in [0.4, 0.5) is 4.79 Å². The lowest BCUT2D eigenvalue weighted by atomic mass is 10.4. The SMILES string of the molecule is CCCCOC(N)=O.I. The van der Waals surface area contributed by atoms with E-state index in [0.29, 0.717) is 6.61 Å². The van der Waals surface area contributed by atoms with Crippen molar-refractivity contribution in [3.8, 4) is 0 Å². The fourth-order valence-corrected chi connectivity index (χ4v) is 0.317. The molecule has 2 N–H and O–H groups in total. The van der Waals surface area contributed by atoms with Gasteiger partial charge in [0.25, 0.3) is 0 Å². The second-order valence-corrected chi connectivity index (χ2v) is 1.52. The fraction of sp³-hybridized carbons (Fsp3) is 0.800. The number of unbranched alkanes of at least 4 members (excludes halogenated alkanes) is 1. The molecule has 56 valence electrons. The quantitative estimate of drug-likeness (QED) is 0.605. The summed E-state index contributed by atoms with van der Waals surface area (Å²) >= 11 is 0. The molecule has 0 rings (SSSR count). The summed E-state index contributed by atoms with van der Waals surface area (Å²) in [6.45, 7) is 2.47. The van der Waals surface area contributed by atoms with E-state index in [1.807, 2.05) is 6.92 Å². The second-order valence-electron chi connectivity index (χ2n) is 1.52. The Bertz CT molecular complexity index is 77.4. The van der Waals surface area contributed by atoms with Crippen molar-refractivity contribution in [2.45, 2.75) is 19.8 Å². The van der Waals surface area contributed by atoms with E-state index in [1.165, 1.54) is 0 Å². The molecule has 9 heavy (non-hydrogen) atoms. The van der Waals surface area contributed by atoms with Gasteiger partial charge in [-0.1, -0.05) is 13.3 Å². The molecular formula is C5H12INO2. The smallest absolute Gasteiger partial charge is 0.404 e. The maximum absolute atomic E-state index is 9.87. The fourth-order valence-electron chi connectivity index (χ4n) is 0.317. The standard InChI is InChI=1S/C5H11NO2.HI/c1-2-3-4-8-5(6)7;/h2-4H2,1H3,(H2,6,7);1H. The third-order valence-electron chi connectivity index (χ3n) is 0.742. The van der Waals surface area contributed by atoms with Crippen LogP contribution in [0, 0.1) is 0 Å². The van der Waals surface area contributed by atoms with Gasteiger partial charge in [0, 0.05) is 0 Å². The molecule has 0 unspecified atom stereocenters. The third kappa shape index (κ3) is 11.5. The Labute approximate surface area is 72.0 Å². The summed E-state index contributed by atoms with van der Waals surface area (Å²) in [5.74, 6) is 0. The van der Waals surface area contributed by atoms with Crippen LogP contribution in [0.5, 0.6) is 0 Å². The van der Waals surface area contributed by atoms with E-state index < -0.39 is 6.09 Å². The molecule has 0 saturated heterocycles. The van der Waals surface area contributed by atoms with E-state index in [1.54, 1.807) is 0 Å². The van der Waals surface area contributed by atoms with Crippen molar-refractivity contribution in [3.05, 3.63) is 0 Å². The lowest BCUT2D eigenvalue weighted by Crippen LogP contribution is -2.13. The Hall–Kier alpha value is 0. The molecule has 0 fully saturated rings. The molecule has 0 aromatic carbocycles. The first-order chi connectivity index (χ1) is 3.77. The summed E-state index contributed by atoms with van der Waals surface area (Å²) in [5.41, 5.74) is 4.67. The molecule has 0 aliphatic carbocycles. The van der Waals surface area contributed by atoms with Gasteiger partial charge in [-0.2, -0.15) is 0 Å². The molecule has 0 aliphatic heterocycles. The molecule has 1 amide bonds. The number of ether oxygens (including phenoxy) is 1. The minimum atomic E-state index is -0.682. The van der Waals surface area contributed by atoms with Crippen molar-refractivity contribution in [3.63, 3.8) is 0 Å². The lowest BCUT2D eigenvalue weighted by molar-refractivity contribution is 0.155. The number of nitrogens with two attached hydrogens (primary N) is 1. The summed E-state index contributed by atoms with van der Waals surface area (Å²) in [5, 5.41) is 0. The first-order valence-corrected chi connectivity index (χ1v) is 2.69. The molecule has 0 heterocycles. The largest absolute Gasteiger partial charge is 0.450 e. The van der Waals surface area contributed by atoms with E-state index in [0.717, 1.165) is 12.8 Å². The van der Waals surface area contributed by atoms with E-state index in [9.17, 15) is 4.79 Å². The highest BCUT2D eigenvalue weighted by Crippen LogP contribution is 1.85. The Kier molecular flexibility index (Phi) is 10.4. The van der Waals surface area contributed by atoms with Gasteiger partial charge in [0.2, 0.25) is 0 Å². The topological polar surface area (TPSA) is 52.3 Å². The van der Waals surface area contributed by atoms with Crippen LogP contribution in [0.3, 0.4) is 0 Å². The maximum Gasteiger partial charge on any atom is 0.404 e. The number of rotatable bonds is 3. The zero-order valence-corrected chi connectivity index (χ0v) is 7.75. The first kappa shape index (κ1) is 11.8. The molecule has 0 spiro atoms. The highest BCUT2D eigenvalue weighted by Gasteiger charge is 1.88. The number of hydrogen-bond acceptors (Lipinski definition) is 2. The Morgan fingerprint density at radius 3 is 2.56 bits per heavy atom. The monoisotopic (exact) mass is 245 g/mol. The first-order valence-electron chi connectivity index (χ1n) is 2.69. The average Bonchev–Trinajstić information content (AvgIpc) is 1.66. The number of halogens is 1. The minimum Gasteiger partial charge on any atom is -0.450 e. The van der Waals surface area contributed by atoms with Gasteiger partial charge in [0.15, 0.2) is 0 Å². The zero-order chi connectivity index (χ0) is 6.41. The molecule has 0 aliphatic rings. The molecule has 0 bridgehead atoms. The predicted molar refractivity (Wildman–Crippen MR) is 45.9 cm³/mol. The van der Waals surface area contributed by atoms with Crippen LogP contribution in [0.1, 0.15) is 19.8 Å². The maximum atomic E-state index is 9.87. The van der Waals surface area contributed by atoms with Crippen LogP contribution < -0.4 is 5.73 Å². The van der Waals surface area contributed by atoms with E-state index in [4.69, 9.17) is 0 Å². The van der Waals surface area contributed by atoms with Gasteiger partial charge in [0.05, 0.1) is 6.61 Å². The normalized spacial score (nSPS) is 7.67. The van der Waals surface area contributed by atoms with E-state index in [-0.39, 0.29) is 24.0 Å². The van der Waals surface area contributed by atoms with Gasteiger partial charge in [-0.3, -0.25) is 0 Å². The molecule has 4 heteroatoms. The van der Waals surface area contributed by atoms with Crippen molar-refractivity contribution in [1.29, 1.82) is 0 Å². The summed E-state index contributed by atoms with van der Waals surface area (Å²) < 4.78 is 4.42. The van der Waals surface area contributed by atoms with Crippen LogP contribution in [0.15, 0.2) is 0 Å². The highest BCUT2D eigenvalue weighted by molar-refractivity contribution is 14.0. The van der Waals surface area contributed by atoms with Crippen molar-refractivity contribution in [2.75, 3.05) is 6.61 Å². The molecule has 0 radical (unpaired) electrons. The molecule has 3 nitrogen and oxygen atoms in total. The minimum absolute atomic E-state index is 0. The van der Waals surface area contributed by atoms with Gasteiger partial charge in [-0.05, 0) is 6.42 Å². The van der Waals surface area contributed by atoms with Crippen LogP contribution >= 0.6 is 24.0 Å². The van der Waals surface area contributed by atoms with Gasteiger partial charge in [-0.15, -0.1) is 24.0 Å². The predicted octanol–water partition coefficient (Wildman–Crippen LogP) is 1.50. The average molecular weight is 245 g/mol. The van der Waals surface area contributed by atoms with Crippen molar-refractivity contribution in [2.24, 2.45) is 5.73 Å². The van der Waals surface area contributed by atoms with Gasteiger partial charge in [-0.25, -0.2) is 4.79 Å². The van der Waals surface area contributed by atoms with Crippen molar-refractivity contribution >= 4 is 30.1 Å². The summed E-state index contributed by atoms with van der Waals surface area (Å²) in [4.78, 5) is 9.87. The van der Waals surface area contributed by atoms with Crippen LogP contribution in [-0.2, 0) is 4.74 Å². The van der Waals surface area contributed by atoms with E-state index >= 15 is 0 Å². The van der Waals surface area contributed by atoms with Crippen molar-refractivity contribution < 1.29 is 9.53 Å². The third-order valence-corrected chi connectivity index (χ3v) is 0.742. The van der Waals surface area contributed by atoms with E-state index in [2.05, 4.69) is 10.5 Å². The zero-order valence-electron chi connectivity index (χ0n) is 5.42. The molecule has 0 saturated carbocycles. The number of hydrogen-bond donors (Lipinski definition) is 1. The Balaban J connectivity index is 0. The van der Waals surface area contributed by atoms with Gasteiger partial charge in [0.1, 0.15) is 0 Å². The van der Waals surface area contributed by atoms with Gasteiger partial charge >= 0.3 is 6.09 Å². The summed E-state index contributed by atoms with van der Waals surface area (Å²) in [6, 6.07) is 0. The second kappa shape index (κ2) is 8.00. The molecule has 0 aromatic heterocycles. The van der Waals surface area contributed by atoms with Crippen LogP contribution in [0.25, 0.3) is 0 Å². The van der Waals surface area contributed by atoms with Crippen molar-refractivity contribution in [1.82, 2.24) is 0 Å². The van der Waals surface area contributed by atoms with Gasteiger partial charge < -0.3 is 10.5 Å². The highest BCUT2D eigenvalue weighted by atomic mass is 127.